The second-order valence-electron chi connectivity index (χ2n) is 6.27. The van der Waals surface area contributed by atoms with E-state index in [-0.39, 0.29) is 0 Å². The van der Waals surface area contributed by atoms with Crippen molar-refractivity contribution in [2.45, 2.75) is 20.5 Å². The summed E-state index contributed by atoms with van der Waals surface area (Å²) in [5.74, 6) is 1.83. The number of hydrogen-bond donors (Lipinski definition) is 1. The highest BCUT2D eigenvalue weighted by Crippen LogP contribution is 2.25. The van der Waals surface area contributed by atoms with E-state index in [0.717, 1.165) is 33.9 Å². The molecule has 0 heterocycles. The van der Waals surface area contributed by atoms with E-state index in [0.29, 0.717) is 19.8 Å². The largest absolute Gasteiger partial charge is 0.491 e. The Labute approximate surface area is 155 Å². The second-order valence-corrected chi connectivity index (χ2v) is 6.27. The zero-order chi connectivity index (χ0) is 18.2. The topological polar surface area (TPSA) is 30.5 Å². The molecule has 0 bridgehead atoms. The number of anilines is 1. The van der Waals surface area contributed by atoms with Gasteiger partial charge in [0.1, 0.15) is 24.7 Å². The number of aryl methyl sites for hydroxylation is 2. The molecule has 0 aliphatic carbocycles. The second kappa shape index (κ2) is 8.95. The molecule has 3 nitrogen and oxygen atoms in total. The van der Waals surface area contributed by atoms with Crippen molar-refractivity contribution in [3.63, 3.8) is 0 Å². The molecule has 0 unspecified atom stereocenters. The van der Waals surface area contributed by atoms with Gasteiger partial charge in [-0.3, -0.25) is 0 Å². The summed E-state index contributed by atoms with van der Waals surface area (Å²) in [5, 5.41) is 3.41. The molecule has 0 radical (unpaired) electrons. The van der Waals surface area contributed by atoms with Crippen molar-refractivity contribution in [3.8, 4) is 11.5 Å². The lowest BCUT2D eigenvalue weighted by Gasteiger charge is -2.15. The summed E-state index contributed by atoms with van der Waals surface area (Å²) in [4.78, 5) is 0. The van der Waals surface area contributed by atoms with Gasteiger partial charge in [0.25, 0.3) is 0 Å². The third-order valence-corrected chi connectivity index (χ3v) is 4.20. The normalized spacial score (nSPS) is 10.4. The van der Waals surface area contributed by atoms with Gasteiger partial charge in [-0.25, -0.2) is 0 Å². The first kappa shape index (κ1) is 17.9. The van der Waals surface area contributed by atoms with E-state index in [2.05, 4.69) is 49.5 Å². The minimum Gasteiger partial charge on any atom is -0.491 e. The van der Waals surface area contributed by atoms with Crippen LogP contribution in [-0.4, -0.2) is 13.2 Å². The van der Waals surface area contributed by atoms with Crippen LogP contribution in [-0.2, 0) is 6.61 Å². The lowest BCUT2D eigenvalue weighted by molar-refractivity contribution is 0.306. The first-order chi connectivity index (χ1) is 12.7. The van der Waals surface area contributed by atoms with E-state index < -0.39 is 0 Å². The van der Waals surface area contributed by atoms with Gasteiger partial charge < -0.3 is 14.8 Å². The van der Waals surface area contributed by atoms with Crippen molar-refractivity contribution in [2.24, 2.45) is 0 Å². The molecule has 0 fully saturated rings. The fourth-order valence-corrected chi connectivity index (χ4v) is 2.84. The van der Waals surface area contributed by atoms with Gasteiger partial charge in [-0.15, -0.1) is 0 Å². The Bertz CT molecular complexity index is 810. The number of para-hydroxylation sites is 3. The molecule has 0 amide bonds. The summed E-state index contributed by atoms with van der Waals surface area (Å²) >= 11 is 0. The summed E-state index contributed by atoms with van der Waals surface area (Å²) in [6.45, 7) is 6.00. The maximum absolute atomic E-state index is 5.97. The highest BCUT2D eigenvalue weighted by molar-refractivity contribution is 5.56. The van der Waals surface area contributed by atoms with E-state index >= 15 is 0 Å². The van der Waals surface area contributed by atoms with Crippen LogP contribution >= 0.6 is 0 Å². The lowest BCUT2D eigenvalue weighted by atomic mass is 10.1. The van der Waals surface area contributed by atoms with Crippen molar-refractivity contribution >= 4 is 5.69 Å². The maximum Gasteiger partial charge on any atom is 0.142 e. The Morgan fingerprint density at radius 2 is 1.42 bits per heavy atom. The first-order valence-electron chi connectivity index (χ1n) is 8.92. The van der Waals surface area contributed by atoms with Crippen LogP contribution in [0.25, 0.3) is 0 Å². The molecule has 0 atom stereocenters. The van der Waals surface area contributed by atoms with Crippen LogP contribution in [0.3, 0.4) is 0 Å². The molecule has 1 N–H and O–H groups in total. The summed E-state index contributed by atoms with van der Waals surface area (Å²) in [7, 11) is 0. The van der Waals surface area contributed by atoms with Crippen LogP contribution in [0, 0.1) is 13.8 Å². The minimum atomic E-state index is 0.554. The fourth-order valence-electron chi connectivity index (χ4n) is 2.84. The monoisotopic (exact) mass is 347 g/mol. The number of benzene rings is 3. The summed E-state index contributed by atoms with van der Waals surface area (Å²) in [6, 6.07) is 24.4. The van der Waals surface area contributed by atoms with E-state index in [4.69, 9.17) is 9.47 Å². The Morgan fingerprint density at radius 1 is 0.731 bits per heavy atom. The van der Waals surface area contributed by atoms with Gasteiger partial charge in [-0.1, -0.05) is 60.7 Å². The molecule has 134 valence electrons. The lowest BCUT2D eigenvalue weighted by Crippen LogP contribution is -2.13. The Morgan fingerprint density at radius 3 is 2.19 bits per heavy atom. The van der Waals surface area contributed by atoms with Crippen molar-refractivity contribution in [1.29, 1.82) is 0 Å². The van der Waals surface area contributed by atoms with Gasteiger partial charge in [0.15, 0.2) is 0 Å². The van der Waals surface area contributed by atoms with Gasteiger partial charge >= 0.3 is 0 Å². The number of hydrogen-bond acceptors (Lipinski definition) is 3. The standard InChI is InChI=1S/C23H25NO2/c1-18-9-8-10-19(2)23(18)25-16-15-24-21-13-6-7-14-22(21)26-17-20-11-4-3-5-12-20/h3-14,24H,15-17H2,1-2H3. The number of rotatable bonds is 8. The zero-order valence-corrected chi connectivity index (χ0v) is 15.4. The Kier molecular flexibility index (Phi) is 6.15. The molecule has 0 spiro atoms. The maximum atomic E-state index is 5.97. The van der Waals surface area contributed by atoms with E-state index in [1.807, 2.05) is 42.5 Å². The highest BCUT2D eigenvalue weighted by Gasteiger charge is 2.05. The average molecular weight is 347 g/mol. The van der Waals surface area contributed by atoms with Crippen molar-refractivity contribution in [2.75, 3.05) is 18.5 Å². The van der Waals surface area contributed by atoms with E-state index in [1.165, 1.54) is 0 Å². The quantitative estimate of drug-likeness (QED) is 0.555. The van der Waals surface area contributed by atoms with Gasteiger partial charge in [0.2, 0.25) is 0 Å². The molecule has 0 saturated heterocycles. The van der Waals surface area contributed by atoms with Gasteiger partial charge in [-0.05, 0) is 42.7 Å². The third kappa shape index (κ3) is 4.79. The van der Waals surface area contributed by atoms with Crippen molar-refractivity contribution in [3.05, 3.63) is 89.5 Å². The molecular formula is C23H25NO2. The fraction of sp³-hybridized carbons (Fsp3) is 0.217. The molecular weight excluding hydrogens is 322 g/mol. The molecule has 0 aliphatic heterocycles. The molecule has 26 heavy (non-hydrogen) atoms. The molecule has 0 saturated carbocycles. The number of nitrogens with one attached hydrogen (secondary N) is 1. The Hall–Kier alpha value is -2.94. The van der Waals surface area contributed by atoms with Crippen molar-refractivity contribution in [1.82, 2.24) is 0 Å². The molecule has 3 heteroatoms. The molecule has 0 aliphatic rings. The predicted octanol–water partition coefficient (Wildman–Crippen LogP) is 5.37. The zero-order valence-electron chi connectivity index (χ0n) is 15.4. The van der Waals surface area contributed by atoms with Crippen LogP contribution in [0.2, 0.25) is 0 Å². The third-order valence-electron chi connectivity index (χ3n) is 4.20. The Balaban J connectivity index is 1.53. The molecule has 3 aromatic rings. The number of ether oxygens (including phenoxy) is 2. The van der Waals surface area contributed by atoms with Gasteiger partial charge in [-0.2, -0.15) is 0 Å². The van der Waals surface area contributed by atoms with Gasteiger partial charge in [0.05, 0.1) is 5.69 Å². The molecule has 0 aromatic heterocycles. The van der Waals surface area contributed by atoms with Crippen LogP contribution in [0.15, 0.2) is 72.8 Å². The summed E-state index contributed by atoms with van der Waals surface area (Å²) in [6.07, 6.45) is 0. The predicted molar refractivity (Wildman–Crippen MR) is 107 cm³/mol. The molecule has 3 rings (SSSR count). The smallest absolute Gasteiger partial charge is 0.142 e. The van der Waals surface area contributed by atoms with Crippen LogP contribution in [0.4, 0.5) is 5.69 Å². The van der Waals surface area contributed by atoms with E-state index in [1.54, 1.807) is 0 Å². The van der Waals surface area contributed by atoms with Gasteiger partial charge in [0, 0.05) is 6.54 Å². The van der Waals surface area contributed by atoms with Crippen LogP contribution in [0.5, 0.6) is 11.5 Å². The summed E-state index contributed by atoms with van der Waals surface area (Å²) in [5.41, 5.74) is 4.46. The first-order valence-corrected chi connectivity index (χ1v) is 8.92. The molecule has 3 aromatic carbocycles. The van der Waals surface area contributed by atoms with Crippen molar-refractivity contribution < 1.29 is 9.47 Å². The average Bonchev–Trinajstić information content (AvgIpc) is 2.67. The SMILES string of the molecule is Cc1cccc(C)c1OCCNc1ccccc1OCc1ccccc1. The van der Waals surface area contributed by atoms with Crippen LogP contribution in [0.1, 0.15) is 16.7 Å². The minimum absolute atomic E-state index is 0.554. The van der Waals surface area contributed by atoms with Crippen LogP contribution < -0.4 is 14.8 Å². The highest BCUT2D eigenvalue weighted by atomic mass is 16.5. The van der Waals surface area contributed by atoms with E-state index in [9.17, 15) is 0 Å². The summed E-state index contributed by atoms with van der Waals surface area (Å²) < 4.78 is 11.9.